The first kappa shape index (κ1) is 11.3. The van der Waals surface area contributed by atoms with Gasteiger partial charge in [0.05, 0.1) is 5.69 Å². The highest BCUT2D eigenvalue weighted by Gasteiger charge is 2.28. The summed E-state index contributed by atoms with van der Waals surface area (Å²) in [7, 11) is 0. The van der Waals surface area contributed by atoms with Crippen molar-refractivity contribution < 1.29 is 0 Å². The molecule has 2 rings (SSSR count). The van der Waals surface area contributed by atoms with Crippen molar-refractivity contribution in [2.45, 2.75) is 32.7 Å². The van der Waals surface area contributed by atoms with E-state index in [0.29, 0.717) is 6.04 Å². The first-order valence-electron chi connectivity index (χ1n) is 5.30. The molecule has 0 aromatic heterocycles. The minimum Gasteiger partial charge on any atom is -0.381 e. The van der Waals surface area contributed by atoms with E-state index in [2.05, 4.69) is 34.2 Å². The van der Waals surface area contributed by atoms with Crippen LogP contribution in [-0.4, -0.2) is 6.04 Å². The third-order valence-corrected chi connectivity index (χ3v) is 4.02. The second-order valence-electron chi connectivity index (χ2n) is 4.35. The van der Waals surface area contributed by atoms with E-state index in [0.717, 1.165) is 26.7 Å². The van der Waals surface area contributed by atoms with Gasteiger partial charge >= 0.3 is 0 Å². The maximum atomic E-state index is 6.10. The molecule has 0 bridgehead atoms. The first-order chi connectivity index (χ1) is 7.08. The lowest BCUT2D eigenvalue weighted by atomic mass is 10.2. The molecule has 0 saturated heterocycles. The zero-order valence-electron chi connectivity index (χ0n) is 8.98. The minimum atomic E-state index is 0.542. The molecule has 1 saturated carbocycles. The Labute approximate surface area is 104 Å². The molecule has 1 N–H and O–H groups in total. The SMILES string of the molecule is Cc1cc(Br)c(NC(C)C2CC2)cc1Cl. The van der Waals surface area contributed by atoms with Gasteiger partial charge in [-0.1, -0.05) is 11.6 Å². The Balaban J connectivity index is 2.16. The van der Waals surface area contributed by atoms with Crippen molar-refractivity contribution in [2.24, 2.45) is 5.92 Å². The lowest BCUT2D eigenvalue weighted by molar-refractivity contribution is 0.694. The van der Waals surface area contributed by atoms with E-state index in [1.54, 1.807) is 0 Å². The maximum Gasteiger partial charge on any atom is 0.0501 e. The van der Waals surface area contributed by atoms with Crippen LogP contribution in [-0.2, 0) is 0 Å². The predicted molar refractivity (Wildman–Crippen MR) is 69.7 cm³/mol. The van der Waals surface area contributed by atoms with Crippen molar-refractivity contribution in [1.82, 2.24) is 0 Å². The van der Waals surface area contributed by atoms with E-state index in [-0.39, 0.29) is 0 Å². The summed E-state index contributed by atoms with van der Waals surface area (Å²) in [6.07, 6.45) is 2.71. The highest BCUT2D eigenvalue weighted by Crippen LogP contribution is 2.36. The quantitative estimate of drug-likeness (QED) is 0.855. The molecule has 0 spiro atoms. The minimum absolute atomic E-state index is 0.542. The third-order valence-electron chi connectivity index (χ3n) is 2.96. The number of hydrogen-bond donors (Lipinski definition) is 1. The number of nitrogens with one attached hydrogen (secondary N) is 1. The number of halogens is 2. The standard InChI is InChI=1S/C12H15BrClN/c1-7-5-10(13)12(6-11(7)14)15-8(2)9-3-4-9/h5-6,8-9,15H,3-4H2,1-2H3. The Bertz CT molecular complexity index is 374. The van der Waals surface area contributed by atoms with Crippen molar-refractivity contribution >= 4 is 33.2 Å². The summed E-state index contributed by atoms with van der Waals surface area (Å²) >= 11 is 9.66. The van der Waals surface area contributed by atoms with Crippen molar-refractivity contribution in [3.8, 4) is 0 Å². The molecule has 3 heteroatoms. The fourth-order valence-electron chi connectivity index (χ4n) is 1.72. The summed E-state index contributed by atoms with van der Waals surface area (Å²) in [5, 5.41) is 4.33. The Hall–Kier alpha value is -0.210. The molecule has 1 aliphatic rings. The molecule has 1 aromatic carbocycles. The zero-order valence-corrected chi connectivity index (χ0v) is 11.3. The Morgan fingerprint density at radius 1 is 1.47 bits per heavy atom. The molecule has 82 valence electrons. The van der Waals surface area contributed by atoms with E-state index in [4.69, 9.17) is 11.6 Å². The van der Waals surface area contributed by atoms with Crippen molar-refractivity contribution in [1.29, 1.82) is 0 Å². The van der Waals surface area contributed by atoms with Crippen LogP contribution in [0.1, 0.15) is 25.3 Å². The van der Waals surface area contributed by atoms with Gasteiger partial charge in [-0.2, -0.15) is 0 Å². The van der Waals surface area contributed by atoms with E-state index in [9.17, 15) is 0 Å². The van der Waals surface area contributed by atoms with Gasteiger partial charge in [-0.3, -0.25) is 0 Å². The second-order valence-corrected chi connectivity index (χ2v) is 5.61. The van der Waals surface area contributed by atoms with Crippen LogP contribution in [0.2, 0.25) is 5.02 Å². The van der Waals surface area contributed by atoms with Gasteiger partial charge in [0.2, 0.25) is 0 Å². The van der Waals surface area contributed by atoms with E-state index >= 15 is 0 Å². The molecule has 0 radical (unpaired) electrons. The normalized spacial score (nSPS) is 17.6. The van der Waals surface area contributed by atoms with Crippen molar-refractivity contribution in [3.63, 3.8) is 0 Å². The summed E-state index contributed by atoms with van der Waals surface area (Å²) in [6, 6.07) is 4.60. The van der Waals surface area contributed by atoms with Crippen LogP contribution in [0.4, 0.5) is 5.69 Å². The highest BCUT2D eigenvalue weighted by atomic mass is 79.9. The second kappa shape index (κ2) is 4.34. The molecule has 1 fully saturated rings. The Kier molecular flexibility index (Phi) is 3.27. The van der Waals surface area contributed by atoms with E-state index < -0.39 is 0 Å². The smallest absolute Gasteiger partial charge is 0.0501 e. The number of rotatable bonds is 3. The van der Waals surface area contributed by atoms with Gasteiger partial charge in [-0.05, 0) is 66.2 Å². The molecular weight excluding hydrogens is 273 g/mol. The van der Waals surface area contributed by atoms with Gasteiger partial charge < -0.3 is 5.32 Å². The van der Waals surface area contributed by atoms with Crippen LogP contribution in [0.25, 0.3) is 0 Å². The van der Waals surface area contributed by atoms with Crippen LogP contribution >= 0.6 is 27.5 Å². The third kappa shape index (κ3) is 2.67. The van der Waals surface area contributed by atoms with Gasteiger partial charge in [0.25, 0.3) is 0 Å². The number of hydrogen-bond acceptors (Lipinski definition) is 1. The maximum absolute atomic E-state index is 6.10. The molecule has 0 amide bonds. The van der Waals surface area contributed by atoms with E-state index in [1.165, 1.54) is 12.8 Å². The molecule has 0 aliphatic heterocycles. The summed E-state index contributed by atoms with van der Waals surface area (Å²) in [4.78, 5) is 0. The largest absolute Gasteiger partial charge is 0.381 e. The van der Waals surface area contributed by atoms with Gasteiger partial charge in [0.1, 0.15) is 0 Å². The Morgan fingerprint density at radius 3 is 2.73 bits per heavy atom. The van der Waals surface area contributed by atoms with Crippen molar-refractivity contribution in [3.05, 3.63) is 27.2 Å². The summed E-state index contributed by atoms with van der Waals surface area (Å²) < 4.78 is 1.09. The van der Waals surface area contributed by atoms with Gasteiger partial charge in [0.15, 0.2) is 0 Å². The lowest BCUT2D eigenvalue weighted by Gasteiger charge is -2.16. The molecule has 1 aromatic rings. The highest BCUT2D eigenvalue weighted by molar-refractivity contribution is 9.10. The lowest BCUT2D eigenvalue weighted by Crippen LogP contribution is -2.17. The zero-order chi connectivity index (χ0) is 11.0. The molecule has 1 aliphatic carbocycles. The number of benzene rings is 1. The van der Waals surface area contributed by atoms with Gasteiger partial charge in [-0.25, -0.2) is 0 Å². The molecule has 1 unspecified atom stereocenters. The summed E-state index contributed by atoms with van der Waals surface area (Å²) in [5.41, 5.74) is 2.21. The predicted octanol–water partition coefficient (Wildman–Crippen LogP) is 4.62. The molecular formula is C12H15BrClN. The number of anilines is 1. The van der Waals surface area contributed by atoms with Crippen LogP contribution < -0.4 is 5.32 Å². The monoisotopic (exact) mass is 287 g/mol. The van der Waals surface area contributed by atoms with Crippen LogP contribution in [0.5, 0.6) is 0 Å². The van der Waals surface area contributed by atoms with Crippen molar-refractivity contribution in [2.75, 3.05) is 5.32 Å². The molecule has 1 nitrogen and oxygen atoms in total. The molecule has 15 heavy (non-hydrogen) atoms. The summed E-state index contributed by atoms with van der Waals surface area (Å²) in [5.74, 6) is 0.844. The molecule has 0 heterocycles. The summed E-state index contributed by atoms with van der Waals surface area (Å²) in [6.45, 7) is 4.25. The number of aryl methyl sites for hydroxylation is 1. The van der Waals surface area contributed by atoms with Crippen LogP contribution in [0.15, 0.2) is 16.6 Å². The Morgan fingerprint density at radius 2 is 2.13 bits per heavy atom. The molecule has 1 atom stereocenters. The first-order valence-corrected chi connectivity index (χ1v) is 6.47. The average molecular weight is 289 g/mol. The van der Waals surface area contributed by atoms with Crippen LogP contribution in [0, 0.1) is 12.8 Å². The van der Waals surface area contributed by atoms with E-state index in [1.807, 2.05) is 13.0 Å². The average Bonchev–Trinajstić information content (AvgIpc) is 2.97. The van der Waals surface area contributed by atoms with Gasteiger partial charge in [-0.15, -0.1) is 0 Å². The fraction of sp³-hybridized carbons (Fsp3) is 0.500. The fourth-order valence-corrected chi connectivity index (χ4v) is 2.45. The van der Waals surface area contributed by atoms with Crippen LogP contribution in [0.3, 0.4) is 0 Å². The van der Waals surface area contributed by atoms with Gasteiger partial charge in [0, 0.05) is 15.5 Å². The topological polar surface area (TPSA) is 12.0 Å².